The molecular weight excluding hydrogens is 1020 g/mol. The highest BCUT2D eigenvalue weighted by Gasteiger charge is 2.89. The Balaban J connectivity index is 1.14. The predicted octanol–water partition coefficient (Wildman–Crippen LogP) is 10.9. The number of fused-ring (bicyclic) bond motifs is 3. The fourth-order valence-corrected chi connectivity index (χ4v) is 12.8. The number of rotatable bonds is 23. The Morgan fingerprint density at radius 2 is 1.35 bits per heavy atom. The van der Waals surface area contributed by atoms with Gasteiger partial charge < -0.3 is 44.0 Å². The van der Waals surface area contributed by atoms with Crippen molar-refractivity contribution in [1.82, 2.24) is 5.32 Å². The molecule has 5 aliphatic rings. The fraction of sp³-hybridized carbons (Fsp3) is 0.508. The van der Waals surface area contributed by atoms with Crippen LogP contribution in [0.25, 0.3) is 0 Å². The number of hydrogen-bond acceptors (Lipinski definition) is 14. The number of Topliss-reactive ketones (excluding diaryl/α,β-unsaturated/α-hetero) is 1. The van der Waals surface area contributed by atoms with Gasteiger partial charge >= 0.3 is 30.0 Å². The van der Waals surface area contributed by atoms with Gasteiger partial charge in [0.2, 0.25) is 0 Å². The average molecular weight is 1100 g/mol. The number of carbonyl (C=O) groups excluding carboxylic acids is 6. The first kappa shape index (κ1) is 61.0. The molecule has 4 fully saturated rings. The molecule has 1 aliphatic heterocycles. The quantitative estimate of drug-likeness (QED) is 0.0537. The molecule has 0 bridgehead atoms. The lowest BCUT2D eigenvalue weighted by Gasteiger charge is -2.78. The molecule has 15 nitrogen and oxygen atoms in total. The second-order valence-corrected chi connectivity index (χ2v) is 23.1. The van der Waals surface area contributed by atoms with Crippen molar-refractivity contribution < 1.29 is 67.4 Å². The normalized spacial score (nSPS) is 30.6. The predicted molar refractivity (Wildman–Crippen MR) is 301 cm³/mol. The summed E-state index contributed by atoms with van der Waals surface area (Å²) in [5, 5.41) is 29.2. The minimum absolute atomic E-state index is 0.0415. The Hall–Kier alpha value is -6.68. The highest BCUT2D eigenvalue weighted by Crippen LogP contribution is 2.78. The van der Waals surface area contributed by atoms with Crippen molar-refractivity contribution in [2.45, 2.75) is 179 Å². The maximum atomic E-state index is 15.7. The number of alkyl carbamates (subject to hydrolysis) is 1. The molecule has 4 aliphatic carbocycles. The molecule has 2 unspecified atom stereocenters. The Morgan fingerprint density at radius 3 is 1.88 bits per heavy atom. The Morgan fingerprint density at radius 1 is 0.800 bits per heavy atom. The zero-order chi connectivity index (χ0) is 58.1. The van der Waals surface area contributed by atoms with Gasteiger partial charge in [-0.2, -0.15) is 0 Å². The molecule has 0 spiro atoms. The molecule has 12 atom stereocenters. The van der Waals surface area contributed by atoms with Gasteiger partial charge in [-0.3, -0.25) is 19.2 Å². The van der Waals surface area contributed by atoms with E-state index in [9.17, 15) is 34.2 Å². The van der Waals surface area contributed by atoms with Crippen molar-refractivity contribution in [3.05, 3.63) is 156 Å². The van der Waals surface area contributed by atoms with Crippen molar-refractivity contribution in [3.63, 3.8) is 0 Å². The summed E-state index contributed by atoms with van der Waals surface area (Å²) in [7, 11) is 0. The third-order valence-corrected chi connectivity index (χ3v) is 16.8. The molecule has 1 saturated heterocycles. The van der Waals surface area contributed by atoms with Crippen molar-refractivity contribution in [1.29, 1.82) is 0 Å². The van der Waals surface area contributed by atoms with Crippen LogP contribution in [0, 0.1) is 22.7 Å². The topological polar surface area (TPSA) is 210 Å². The lowest BCUT2D eigenvalue weighted by atomic mass is 9.30. The van der Waals surface area contributed by atoms with E-state index in [4.69, 9.17) is 28.4 Å². The number of amides is 1. The van der Waals surface area contributed by atoms with Crippen molar-refractivity contribution >= 4 is 35.8 Å². The first-order valence-corrected chi connectivity index (χ1v) is 28.1. The Labute approximate surface area is 471 Å². The molecule has 3 N–H and O–H groups in total. The minimum Gasteiger partial charge on any atom is -0.461 e. The van der Waals surface area contributed by atoms with E-state index in [1.54, 1.807) is 90.1 Å². The summed E-state index contributed by atoms with van der Waals surface area (Å²) in [6.07, 6.45) is 23.2. The SMILES string of the molecule is CC/C=C\C/C=C\C/C=C\C/C=C\C/C=C\C/C=C\CCC(=O)O[C@H]1C[C@H]2OC[C@@]2(OC(C)=O)[C@H]2[C@H](OC(=O)c3ccccc3)[C@]3(O)CC4(OC(=O)[C@H](C)C(NC(=O)OC(C)(C)C)c5ccccc5)C(C)=C([C@@H](O)C(=O)[C@]12C)[C@@]43C. The van der Waals surface area contributed by atoms with Crippen LogP contribution in [0.5, 0.6) is 0 Å². The summed E-state index contributed by atoms with van der Waals surface area (Å²) in [6.45, 7) is 14.4. The van der Waals surface area contributed by atoms with E-state index in [1.165, 1.54) is 26.0 Å². The maximum absolute atomic E-state index is 15.7. The molecule has 0 radical (unpaired) electrons. The Kier molecular flexibility index (Phi) is 19.4. The van der Waals surface area contributed by atoms with Crippen molar-refractivity contribution in [3.8, 4) is 0 Å². The zero-order valence-electron chi connectivity index (χ0n) is 47.8. The number of ether oxygens (including phenoxy) is 6. The van der Waals surface area contributed by atoms with Crippen LogP contribution in [0.2, 0.25) is 0 Å². The fourth-order valence-electron chi connectivity index (χ4n) is 12.8. The van der Waals surface area contributed by atoms with Crippen LogP contribution < -0.4 is 5.32 Å². The van der Waals surface area contributed by atoms with Gasteiger partial charge in [0.25, 0.3) is 0 Å². The largest absolute Gasteiger partial charge is 0.461 e. The third-order valence-electron chi connectivity index (χ3n) is 16.8. The van der Waals surface area contributed by atoms with Crippen molar-refractivity contribution in [2.24, 2.45) is 22.7 Å². The molecule has 1 amide bonds. The van der Waals surface area contributed by atoms with E-state index in [2.05, 4.69) is 66.9 Å². The third kappa shape index (κ3) is 12.0. The number of nitrogens with one attached hydrogen (secondary N) is 1. The maximum Gasteiger partial charge on any atom is 0.408 e. The molecule has 2 aromatic rings. The molecule has 2 aromatic carbocycles. The molecule has 7 rings (SSSR count). The number of aliphatic hydroxyl groups is 2. The van der Waals surface area contributed by atoms with Gasteiger partial charge in [-0.1, -0.05) is 128 Å². The smallest absolute Gasteiger partial charge is 0.408 e. The van der Waals surface area contributed by atoms with Gasteiger partial charge in [0, 0.05) is 26.2 Å². The second kappa shape index (κ2) is 25.4. The van der Waals surface area contributed by atoms with Crippen LogP contribution in [0.15, 0.2) is 145 Å². The molecule has 3 saturated carbocycles. The van der Waals surface area contributed by atoms with Crippen LogP contribution in [0.4, 0.5) is 4.79 Å². The highest BCUT2D eigenvalue weighted by atomic mass is 16.6. The number of hydrogen-bond donors (Lipinski definition) is 3. The average Bonchev–Trinajstić information content (AvgIpc) is 1.36. The van der Waals surface area contributed by atoms with Crippen molar-refractivity contribution in [2.75, 3.05) is 6.61 Å². The molecule has 80 heavy (non-hydrogen) atoms. The summed E-state index contributed by atoms with van der Waals surface area (Å²) >= 11 is 0. The number of carbonyl (C=O) groups is 6. The van der Waals surface area contributed by atoms with E-state index >= 15 is 4.79 Å². The van der Waals surface area contributed by atoms with Crippen LogP contribution in [0.3, 0.4) is 0 Å². The summed E-state index contributed by atoms with van der Waals surface area (Å²) in [5.74, 6) is -6.53. The van der Waals surface area contributed by atoms with Gasteiger partial charge in [-0.05, 0) is 122 Å². The van der Waals surface area contributed by atoms with E-state index in [0.717, 1.165) is 32.1 Å². The van der Waals surface area contributed by atoms with E-state index in [0.29, 0.717) is 18.4 Å². The minimum atomic E-state index is -2.26. The molecular formula is C65H81NO14. The van der Waals surface area contributed by atoms with E-state index in [-0.39, 0.29) is 36.2 Å². The lowest BCUT2D eigenvalue weighted by molar-refractivity contribution is -0.376. The number of allylic oxidation sites excluding steroid dienone is 12. The molecule has 0 aromatic heterocycles. The van der Waals surface area contributed by atoms with Crippen LogP contribution in [0.1, 0.15) is 148 Å². The van der Waals surface area contributed by atoms with Gasteiger partial charge in [0.05, 0.1) is 40.9 Å². The van der Waals surface area contributed by atoms with Gasteiger partial charge in [-0.15, -0.1) is 0 Å². The van der Waals surface area contributed by atoms with Gasteiger partial charge in [0.15, 0.2) is 11.4 Å². The molecule has 1 heterocycles. The van der Waals surface area contributed by atoms with E-state index < -0.39 is 118 Å². The standard InChI is InChI=1S/C65H81NO14/c1-10-11-12-13-14-15-16-17-18-19-20-21-22-23-24-25-26-27-34-39-50(68)76-48-40-49-63(42-75-49,78-45(4)67)54-56(77-58(72)47-37-32-29-33-38-47)64(74)41-65(44(3)51(62(64,65)9)53(69)55(70)61(48,54)8)79-57(71)43(2)52(46-35-30-28-31-36-46)66-59(73)80-60(5,6)7/h11-12,14-15,17-18,20-21,23-24,26-33,35-38,43,48-49,52-54,56,69,74H,10,13,16,19,22,25,34,39-42H2,1-9H3,(H,66,73)/b12-11-,15-14-,18-17-,21-20-,24-23-,27-26-/t43-,48+,49-,52?,53-,54+,56+,61-,62-,63+,64-,65?/m1/s1. The number of aliphatic hydroxyl groups excluding tert-OH is 1. The molecule has 430 valence electrons. The van der Waals surface area contributed by atoms with Crippen LogP contribution >= 0.6 is 0 Å². The first-order chi connectivity index (χ1) is 38.0. The lowest BCUT2D eigenvalue weighted by Crippen LogP contribution is -2.90. The summed E-state index contributed by atoms with van der Waals surface area (Å²) in [6, 6.07) is 15.9. The number of ketones is 1. The zero-order valence-corrected chi connectivity index (χ0v) is 47.8. The van der Waals surface area contributed by atoms with E-state index in [1.807, 2.05) is 18.2 Å². The van der Waals surface area contributed by atoms with Crippen LogP contribution in [-0.2, 0) is 47.6 Å². The summed E-state index contributed by atoms with van der Waals surface area (Å²) < 4.78 is 37.3. The Bertz CT molecular complexity index is 2810. The number of benzene rings is 2. The van der Waals surface area contributed by atoms with Crippen LogP contribution in [-0.4, -0.2) is 99.4 Å². The highest BCUT2D eigenvalue weighted by molar-refractivity contribution is 5.96. The first-order valence-electron chi connectivity index (χ1n) is 28.1. The molecule has 15 heteroatoms. The van der Waals surface area contributed by atoms with Gasteiger partial charge in [0.1, 0.15) is 41.2 Å². The van der Waals surface area contributed by atoms with Gasteiger partial charge in [-0.25, -0.2) is 9.59 Å². The second-order valence-electron chi connectivity index (χ2n) is 23.1. The summed E-state index contributed by atoms with van der Waals surface area (Å²) in [4.78, 5) is 85.5. The summed E-state index contributed by atoms with van der Waals surface area (Å²) in [5.41, 5.74) is -9.38. The monoisotopic (exact) mass is 1100 g/mol. The number of esters is 4.